The highest BCUT2D eigenvalue weighted by Crippen LogP contribution is 2.29. The highest BCUT2D eigenvalue weighted by atomic mass is 16.2. The van der Waals surface area contributed by atoms with Crippen LogP contribution in [0.25, 0.3) is 0 Å². The van der Waals surface area contributed by atoms with Crippen molar-refractivity contribution in [2.24, 2.45) is 11.8 Å². The first-order chi connectivity index (χ1) is 8.79. The topological polar surface area (TPSA) is 23.6 Å². The van der Waals surface area contributed by atoms with E-state index in [1.54, 1.807) is 0 Å². The largest absolute Gasteiger partial charge is 0.339 e. The van der Waals surface area contributed by atoms with Gasteiger partial charge in [-0.2, -0.15) is 0 Å². The zero-order chi connectivity index (χ0) is 14.2. The van der Waals surface area contributed by atoms with Crippen molar-refractivity contribution in [3.8, 4) is 0 Å². The van der Waals surface area contributed by atoms with E-state index in [4.69, 9.17) is 0 Å². The second kappa shape index (κ2) is 5.43. The van der Waals surface area contributed by atoms with E-state index in [0.717, 1.165) is 38.9 Å². The molecule has 2 atom stereocenters. The lowest BCUT2D eigenvalue weighted by Gasteiger charge is -2.46. The van der Waals surface area contributed by atoms with Crippen molar-refractivity contribution in [1.82, 2.24) is 9.80 Å². The zero-order valence-electron chi connectivity index (χ0n) is 13.3. The molecule has 0 aromatic rings. The van der Waals surface area contributed by atoms with Crippen molar-refractivity contribution in [3.63, 3.8) is 0 Å². The van der Waals surface area contributed by atoms with E-state index in [9.17, 15) is 4.79 Å². The van der Waals surface area contributed by atoms with Crippen LogP contribution in [0.5, 0.6) is 0 Å². The third-order valence-electron chi connectivity index (χ3n) is 4.82. The van der Waals surface area contributed by atoms with Crippen LogP contribution in [0.15, 0.2) is 0 Å². The molecule has 19 heavy (non-hydrogen) atoms. The lowest BCUT2D eigenvalue weighted by atomic mass is 9.88. The molecule has 2 fully saturated rings. The van der Waals surface area contributed by atoms with E-state index in [1.165, 1.54) is 0 Å². The summed E-state index contributed by atoms with van der Waals surface area (Å²) in [5, 5.41) is 0. The Morgan fingerprint density at radius 1 is 1.11 bits per heavy atom. The van der Waals surface area contributed by atoms with Crippen LogP contribution in [-0.2, 0) is 4.79 Å². The molecule has 3 heteroatoms. The van der Waals surface area contributed by atoms with Crippen LogP contribution in [0.3, 0.4) is 0 Å². The van der Waals surface area contributed by atoms with Crippen molar-refractivity contribution >= 4 is 5.91 Å². The van der Waals surface area contributed by atoms with Gasteiger partial charge in [-0.05, 0) is 46.0 Å². The Morgan fingerprint density at radius 3 is 2.21 bits per heavy atom. The smallest absolute Gasteiger partial charge is 0.225 e. The molecule has 0 aromatic heterocycles. The molecule has 2 heterocycles. The predicted octanol–water partition coefficient (Wildman–Crippen LogP) is 2.75. The number of amides is 1. The van der Waals surface area contributed by atoms with Gasteiger partial charge in [0.05, 0.1) is 0 Å². The molecule has 0 bridgehead atoms. The van der Waals surface area contributed by atoms with E-state index in [0.29, 0.717) is 17.9 Å². The van der Waals surface area contributed by atoms with Gasteiger partial charge in [0.15, 0.2) is 0 Å². The quantitative estimate of drug-likeness (QED) is 0.728. The van der Waals surface area contributed by atoms with Gasteiger partial charge in [-0.1, -0.05) is 13.8 Å². The Labute approximate surface area is 118 Å². The number of hydrogen-bond acceptors (Lipinski definition) is 2. The summed E-state index contributed by atoms with van der Waals surface area (Å²) in [7, 11) is 0. The summed E-state index contributed by atoms with van der Waals surface area (Å²) >= 11 is 0. The van der Waals surface area contributed by atoms with Gasteiger partial charge in [0.25, 0.3) is 0 Å². The molecular formula is C16H30N2O. The highest BCUT2D eigenvalue weighted by Gasteiger charge is 2.36. The predicted molar refractivity (Wildman–Crippen MR) is 79.0 cm³/mol. The standard InChI is InChI=1S/C16H30N2O/c1-12-10-13(2)15(19)18(11-12)14-6-8-17(9-7-14)16(3,4)5/h12-14H,6-11H2,1-5H3/t12-,13?/m1/s1. The zero-order valence-corrected chi connectivity index (χ0v) is 13.3. The van der Waals surface area contributed by atoms with Crippen LogP contribution in [0.1, 0.15) is 53.9 Å². The Balaban J connectivity index is 1.95. The number of nitrogens with zero attached hydrogens (tertiary/aromatic N) is 2. The summed E-state index contributed by atoms with van der Waals surface area (Å²) in [4.78, 5) is 17.1. The summed E-state index contributed by atoms with van der Waals surface area (Å²) in [5.41, 5.74) is 0.261. The highest BCUT2D eigenvalue weighted by molar-refractivity contribution is 5.79. The molecule has 0 saturated carbocycles. The fraction of sp³-hybridized carbons (Fsp3) is 0.938. The molecular weight excluding hydrogens is 236 g/mol. The van der Waals surface area contributed by atoms with Crippen LogP contribution in [-0.4, -0.2) is 46.9 Å². The fourth-order valence-corrected chi connectivity index (χ4v) is 3.67. The van der Waals surface area contributed by atoms with Crippen LogP contribution in [0, 0.1) is 11.8 Å². The molecule has 2 rings (SSSR count). The molecule has 0 aliphatic carbocycles. The minimum Gasteiger partial charge on any atom is -0.339 e. The maximum atomic E-state index is 12.4. The van der Waals surface area contributed by atoms with Gasteiger partial charge in [-0.25, -0.2) is 0 Å². The molecule has 1 amide bonds. The molecule has 0 N–H and O–H groups in total. The van der Waals surface area contributed by atoms with Gasteiger partial charge in [0.2, 0.25) is 5.91 Å². The third-order valence-corrected chi connectivity index (χ3v) is 4.82. The summed E-state index contributed by atoms with van der Waals surface area (Å²) < 4.78 is 0. The summed E-state index contributed by atoms with van der Waals surface area (Å²) in [6.45, 7) is 14.4. The second-order valence-corrected chi connectivity index (χ2v) is 7.62. The molecule has 2 aliphatic rings. The Hall–Kier alpha value is -0.570. The van der Waals surface area contributed by atoms with Gasteiger partial charge < -0.3 is 4.90 Å². The average Bonchev–Trinajstić information content (AvgIpc) is 2.33. The normalized spacial score (nSPS) is 31.8. The van der Waals surface area contributed by atoms with Crippen LogP contribution >= 0.6 is 0 Å². The monoisotopic (exact) mass is 266 g/mol. The van der Waals surface area contributed by atoms with Crippen molar-refractivity contribution in [2.45, 2.75) is 65.5 Å². The lowest BCUT2D eigenvalue weighted by Crippen LogP contribution is -2.55. The molecule has 0 spiro atoms. The molecule has 2 aliphatic heterocycles. The molecule has 1 unspecified atom stereocenters. The van der Waals surface area contributed by atoms with E-state index in [-0.39, 0.29) is 11.5 Å². The number of hydrogen-bond donors (Lipinski definition) is 0. The SMILES string of the molecule is CC1C[C@@H](C)CN(C2CCN(C(C)(C)C)CC2)C1=O. The molecule has 2 saturated heterocycles. The number of likely N-dealkylation sites (tertiary alicyclic amines) is 2. The summed E-state index contributed by atoms with van der Waals surface area (Å²) in [6.07, 6.45) is 3.35. The maximum absolute atomic E-state index is 12.4. The summed E-state index contributed by atoms with van der Waals surface area (Å²) in [5.74, 6) is 1.28. The summed E-state index contributed by atoms with van der Waals surface area (Å²) in [6, 6.07) is 0.483. The van der Waals surface area contributed by atoms with Gasteiger partial charge in [-0.15, -0.1) is 0 Å². The Morgan fingerprint density at radius 2 is 1.68 bits per heavy atom. The minimum absolute atomic E-state index is 0.226. The maximum Gasteiger partial charge on any atom is 0.225 e. The molecule has 110 valence electrons. The first kappa shape index (κ1) is 14.8. The van der Waals surface area contributed by atoms with E-state index in [2.05, 4.69) is 44.4 Å². The molecule has 0 aromatic carbocycles. The number of carbonyl (C=O) groups is 1. The Kier molecular flexibility index (Phi) is 4.24. The van der Waals surface area contributed by atoms with Crippen LogP contribution in [0.4, 0.5) is 0 Å². The first-order valence-electron chi connectivity index (χ1n) is 7.84. The molecule has 0 radical (unpaired) electrons. The average molecular weight is 266 g/mol. The van der Waals surface area contributed by atoms with Gasteiger partial charge >= 0.3 is 0 Å². The van der Waals surface area contributed by atoms with E-state index < -0.39 is 0 Å². The van der Waals surface area contributed by atoms with Gasteiger partial charge in [0, 0.05) is 37.1 Å². The third kappa shape index (κ3) is 3.31. The number of piperidine rings is 2. The lowest BCUT2D eigenvalue weighted by molar-refractivity contribution is -0.143. The van der Waals surface area contributed by atoms with Crippen LogP contribution in [0.2, 0.25) is 0 Å². The van der Waals surface area contributed by atoms with Crippen molar-refractivity contribution in [3.05, 3.63) is 0 Å². The van der Waals surface area contributed by atoms with E-state index in [1.807, 2.05) is 0 Å². The van der Waals surface area contributed by atoms with Crippen molar-refractivity contribution < 1.29 is 4.79 Å². The van der Waals surface area contributed by atoms with Crippen molar-refractivity contribution in [2.75, 3.05) is 19.6 Å². The Bertz CT molecular complexity index is 326. The number of carbonyl (C=O) groups excluding carboxylic acids is 1. The fourth-order valence-electron chi connectivity index (χ4n) is 3.67. The minimum atomic E-state index is 0.226. The van der Waals surface area contributed by atoms with Gasteiger partial charge in [-0.3, -0.25) is 9.69 Å². The molecule has 3 nitrogen and oxygen atoms in total. The van der Waals surface area contributed by atoms with Crippen LogP contribution < -0.4 is 0 Å². The van der Waals surface area contributed by atoms with Gasteiger partial charge in [0.1, 0.15) is 0 Å². The first-order valence-corrected chi connectivity index (χ1v) is 7.84. The van der Waals surface area contributed by atoms with Crippen molar-refractivity contribution in [1.29, 1.82) is 0 Å². The second-order valence-electron chi connectivity index (χ2n) is 7.62. The van der Waals surface area contributed by atoms with E-state index >= 15 is 0 Å². The number of rotatable bonds is 1.